The van der Waals surface area contributed by atoms with Crippen molar-refractivity contribution in [3.8, 4) is 0 Å². The third-order valence-corrected chi connectivity index (χ3v) is 2.86. The van der Waals surface area contributed by atoms with Gasteiger partial charge in [-0.2, -0.15) is 0 Å². The maximum absolute atomic E-state index is 5.66. The van der Waals surface area contributed by atoms with E-state index >= 15 is 0 Å². The van der Waals surface area contributed by atoms with Crippen LogP contribution in [0.25, 0.3) is 0 Å². The fourth-order valence-electron chi connectivity index (χ4n) is 1.65. The third-order valence-electron chi connectivity index (χ3n) is 2.86. The van der Waals surface area contributed by atoms with E-state index in [1.165, 1.54) is 18.4 Å². The van der Waals surface area contributed by atoms with Gasteiger partial charge in [0, 0.05) is 12.2 Å². The number of furan rings is 1. The highest BCUT2D eigenvalue weighted by molar-refractivity contribution is 5.15. The van der Waals surface area contributed by atoms with Gasteiger partial charge in [0.1, 0.15) is 5.76 Å². The van der Waals surface area contributed by atoms with Crippen molar-refractivity contribution in [3.05, 3.63) is 23.7 Å². The standard InChI is InChI=1S/C13H21NO2/c1-2-6-14-8-13-12(5-7-16-13)10-15-9-11-3-4-11/h5,7,11,14H,2-4,6,8-10H2,1H3. The molecule has 1 aromatic heterocycles. The number of rotatable bonds is 8. The molecule has 90 valence electrons. The Morgan fingerprint density at radius 3 is 3.12 bits per heavy atom. The van der Waals surface area contributed by atoms with Gasteiger partial charge in [0.05, 0.1) is 19.4 Å². The number of nitrogens with one attached hydrogen (secondary N) is 1. The van der Waals surface area contributed by atoms with Crippen molar-refractivity contribution in [1.29, 1.82) is 0 Å². The smallest absolute Gasteiger partial charge is 0.123 e. The normalized spacial score (nSPS) is 15.6. The summed E-state index contributed by atoms with van der Waals surface area (Å²) in [6.45, 7) is 5.60. The van der Waals surface area contributed by atoms with Gasteiger partial charge in [0.25, 0.3) is 0 Å². The van der Waals surface area contributed by atoms with Crippen LogP contribution >= 0.6 is 0 Å². The predicted molar refractivity (Wildman–Crippen MR) is 63.1 cm³/mol. The Kier molecular flexibility index (Phi) is 4.43. The third kappa shape index (κ3) is 3.65. The van der Waals surface area contributed by atoms with Gasteiger partial charge in [-0.05, 0) is 37.8 Å². The monoisotopic (exact) mass is 223 g/mol. The molecular formula is C13H21NO2. The lowest BCUT2D eigenvalue weighted by molar-refractivity contribution is 0.110. The van der Waals surface area contributed by atoms with Crippen molar-refractivity contribution in [2.45, 2.75) is 39.3 Å². The van der Waals surface area contributed by atoms with Crippen molar-refractivity contribution < 1.29 is 9.15 Å². The van der Waals surface area contributed by atoms with Crippen molar-refractivity contribution in [1.82, 2.24) is 5.32 Å². The Morgan fingerprint density at radius 1 is 1.50 bits per heavy atom. The topological polar surface area (TPSA) is 34.4 Å². The molecule has 0 bridgehead atoms. The molecule has 3 heteroatoms. The second-order valence-corrected chi connectivity index (χ2v) is 4.50. The predicted octanol–water partition coefficient (Wildman–Crippen LogP) is 2.71. The van der Waals surface area contributed by atoms with Gasteiger partial charge in [-0.15, -0.1) is 0 Å². The van der Waals surface area contributed by atoms with Crippen LogP contribution in [0.1, 0.15) is 37.5 Å². The highest BCUT2D eigenvalue weighted by Crippen LogP contribution is 2.29. The lowest BCUT2D eigenvalue weighted by Gasteiger charge is -2.05. The molecule has 0 saturated heterocycles. The molecule has 0 unspecified atom stereocenters. The number of ether oxygens (including phenoxy) is 1. The fourth-order valence-corrected chi connectivity index (χ4v) is 1.65. The molecule has 1 fully saturated rings. The minimum atomic E-state index is 0.691. The summed E-state index contributed by atoms with van der Waals surface area (Å²) in [7, 11) is 0. The lowest BCUT2D eigenvalue weighted by atomic mass is 10.2. The Balaban J connectivity index is 1.71. The molecule has 1 aliphatic rings. The molecule has 2 rings (SSSR count). The van der Waals surface area contributed by atoms with Gasteiger partial charge >= 0.3 is 0 Å². The summed E-state index contributed by atoms with van der Waals surface area (Å²) in [5, 5.41) is 3.34. The molecule has 1 N–H and O–H groups in total. The zero-order valence-corrected chi connectivity index (χ0v) is 10.00. The zero-order chi connectivity index (χ0) is 11.2. The molecule has 0 aromatic carbocycles. The molecule has 16 heavy (non-hydrogen) atoms. The van der Waals surface area contributed by atoms with Crippen LogP contribution < -0.4 is 5.32 Å². The van der Waals surface area contributed by atoms with Gasteiger partial charge < -0.3 is 14.5 Å². The van der Waals surface area contributed by atoms with E-state index in [0.29, 0.717) is 6.61 Å². The van der Waals surface area contributed by atoms with E-state index in [2.05, 4.69) is 12.2 Å². The zero-order valence-electron chi connectivity index (χ0n) is 10.00. The Labute approximate surface area is 97.2 Å². The van der Waals surface area contributed by atoms with E-state index in [0.717, 1.165) is 37.8 Å². The molecular weight excluding hydrogens is 202 g/mol. The lowest BCUT2D eigenvalue weighted by Crippen LogP contribution is -2.14. The Bertz CT molecular complexity index is 305. The molecule has 0 aliphatic heterocycles. The van der Waals surface area contributed by atoms with E-state index < -0.39 is 0 Å². The molecule has 0 radical (unpaired) electrons. The average molecular weight is 223 g/mol. The van der Waals surface area contributed by atoms with Gasteiger partial charge in [-0.3, -0.25) is 0 Å². The Hall–Kier alpha value is -0.800. The van der Waals surface area contributed by atoms with Gasteiger partial charge in [-0.25, -0.2) is 0 Å². The first-order valence-electron chi connectivity index (χ1n) is 6.24. The number of hydrogen-bond donors (Lipinski definition) is 1. The van der Waals surface area contributed by atoms with Crippen LogP contribution in [0.2, 0.25) is 0 Å². The van der Waals surface area contributed by atoms with E-state index in [9.17, 15) is 0 Å². The summed E-state index contributed by atoms with van der Waals surface area (Å²) >= 11 is 0. The molecule has 1 aliphatic carbocycles. The van der Waals surface area contributed by atoms with Gasteiger partial charge in [-0.1, -0.05) is 6.92 Å². The first-order valence-corrected chi connectivity index (χ1v) is 6.24. The molecule has 1 heterocycles. The quantitative estimate of drug-likeness (QED) is 0.688. The summed E-state index contributed by atoms with van der Waals surface area (Å²) in [5.41, 5.74) is 1.18. The molecule has 0 spiro atoms. The summed E-state index contributed by atoms with van der Waals surface area (Å²) in [6, 6.07) is 2.01. The molecule has 3 nitrogen and oxygen atoms in total. The summed E-state index contributed by atoms with van der Waals surface area (Å²) < 4.78 is 11.1. The van der Waals surface area contributed by atoms with E-state index in [1.807, 2.05) is 6.07 Å². The second-order valence-electron chi connectivity index (χ2n) is 4.50. The largest absolute Gasteiger partial charge is 0.468 e. The first-order chi connectivity index (χ1) is 7.90. The number of hydrogen-bond acceptors (Lipinski definition) is 3. The SMILES string of the molecule is CCCNCc1occc1COCC1CC1. The van der Waals surface area contributed by atoms with E-state index in [-0.39, 0.29) is 0 Å². The Morgan fingerprint density at radius 2 is 2.38 bits per heavy atom. The van der Waals surface area contributed by atoms with Gasteiger partial charge in [0.2, 0.25) is 0 Å². The highest BCUT2D eigenvalue weighted by atomic mass is 16.5. The van der Waals surface area contributed by atoms with Crippen molar-refractivity contribution in [2.75, 3.05) is 13.2 Å². The summed E-state index contributed by atoms with van der Waals surface area (Å²) in [4.78, 5) is 0. The molecule has 1 saturated carbocycles. The van der Waals surface area contributed by atoms with Crippen molar-refractivity contribution >= 4 is 0 Å². The highest BCUT2D eigenvalue weighted by Gasteiger charge is 2.21. The first kappa shape index (κ1) is 11.7. The van der Waals surface area contributed by atoms with Crippen molar-refractivity contribution in [3.63, 3.8) is 0 Å². The van der Waals surface area contributed by atoms with Gasteiger partial charge in [0.15, 0.2) is 0 Å². The molecule has 0 atom stereocenters. The minimum Gasteiger partial charge on any atom is -0.468 e. The minimum absolute atomic E-state index is 0.691. The molecule has 1 aromatic rings. The summed E-state index contributed by atoms with van der Waals surface area (Å²) in [6.07, 6.45) is 5.58. The van der Waals surface area contributed by atoms with Crippen molar-refractivity contribution in [2.24, 2.45) is 5.92 Å². The van der Waals surface area contributed by atoms with Crippen LogP contribution in [-0.2, 0) is 17.9 Å². The van der Waals surface area contributed by atoms with Crippen LogP contribution in [0.15, 0.2) is 16.7 Å². The maximum Gasteiger partial charge on any atom is 0.123 e. The average Bonchev–Trinajstić information content (AvgIpc) is 3.00. The maximum atomic E-state index is 5.66. The second kappa shape index (κ2) is 6.06. The molecule has 0 amide bonds. The van der Waals surface area contributed by atoms with Crippen LogP contribution in [-0.4, -0.2) is 13.2 Å². The van der Waals surface area contributed by atoms with E-state index in [1.54, 1.807) is 6.26 Å². The van der Waals surface area contributed by atoms with Crippen LogP contribution in [0.4, 0.5) is 0 Å². The summed E-state index contributed by atoms with van der Waals surface area (Å²) in [5.74, 6) is 1.85. The van der Waals surface area contributed by atoms with Crippen LogP contribution in [0.5, 0.6) is 0 Å². The van der Waals surface area contributed by atoms with E-state index in [4.69, 9.17) is 9.15 Å². The van der Waals surface area contributed by atoms with Crippen LogP contribution in [0, 0.1) is 5.92 Å². The fraction of sp³-hybridized carbons (Fsp3) is 0.692. The van der Waals surface area contributed by atoms with Crippen LogP contribution in [0.3, 0.4) is 0 Å².